The number of carbonyl (C=O) groups is 1. The molecule has 1 N–H and O–H groups in total. The molecule has 0 spiro atoms. The van der Waals surface area contributed by atoms with Crippen LogP contribution in [-0.2, 0) is 4.79 Å². The zero-order valence-electron chi connectivity index (χ0n) is 16.9. The lowest BCUT2D eigenvalue weighted by atomic mass is 9.96. The highest BCUT2D eigenvalue weighted by Gasteiger charge is 2.27. The monoisotopic (exact) mass is 410 g/mol. The van der Waals surface area contributed by atoms with Crippen molar-refractivity contribution in [2.24, 2.45) is 5.92 Å². The largest absolute Gasteiger partial charge is 0.497 e. The Morgan fingerprint density at radius 3 is 2.60 bits per heavy atom. The molecule has 0 aliphatic carbocycles. The van der Waals surface area contributed by atoms with Crippen LogP contribution >= 0.6 is 0 Å². The summed E-state index contributed by atoms with van der Waals surface area (Å²) < 4.78 is 24.3. The molecule has 1 aromatic heterocycles. The van der Waals surface area contributed by atoms with Crippen molar-refractivity contribution >= 4 is 17.6 Å². The summed E-state index contributed by atoms with van der Waals surface area (Å²) in [5.41, 5.74) is 1.87. The average molecular weight is 410 g/mol. The van der Waals surface area contributed by atoms with Crippen molar-refractivity contribution in [1.29, 1.82) is 0 Å². The fraction of sp³-hybridized carbons (Fsp3) is 0.318. The van der Waals surface area contributed by atoms with Crippen LogP contribution in [-0.4, -0.2) is 36.2 Å². The van der Waals surface area contributed by atoms with Gasteiger partial charge >= 0.3 is 6.01 Å². The average Bonchev–Trinajstić information content (AvgIpc) is 3.27. The second-order valence-electron chi connectivity index (χ2n) is 7.34. The van der Waals surface area contributed by atoms with Crippen LogP contribution in [0.25, 0.3) is 11.4 Å². The number of halogens is 1. The Hall–Kier alpha value is -3.42. The summed E-state index contributed by atoms with van der Waals surface area (Å²) in [7, 11) is 1.62. The number of hydrogen-bond acceptors (Lipinski definition) is 6. The highest BCUT2D eigenvalue weighted by molar-refractivity contribution is 5.92. The van der Waals surface area contributed by atoms with Gasteiger partial charge in [-0.05, 0) is 61.7 Å². The number of rotatable bonds is 5. The van der Waals surface area contributed by atoms with Crippen molar-refractivity contribution in [2.45, 2.75) is 19.8 Å². The van der Waals surface area contributed by atoms with Gasteiger partial charge in [0.05, 0.1) is 7.11 Å². The van der Waals surface area contributed by atoms with E-state index in [0.717, 1.165) is 11.3 Å². The molecule has 156 valence electrons. The molecule has 1 fully saturated rings. The van der Waals surface area contributed by atoms with Crippen LogP contribution in [0.15, 0.2) is 47.0 Å². The third-order valence-electron chi connectivity index (χ3n) is 5.34. The zero-order valence-corrected chi connectivity index (χ0v) is 16.9. The highest BCUT2D eigenvalue weighted by atomic mass is 19.1. The van der Waals surface area contributed by atoms with Crippen LogP contribution in [0.5, 0.6) is 5.75 Å². The number of aryl methyl sites for hydroxylation is 1. The molecule has 4 rings (SSSR count). The molecule has 30 heavy (non-hydrogen) atoms. The van der Waals surface area contributed by atoms with Gasteiger partial charge in [-0.15, -0.1) is 0 Å². The Bertz CT molecular complexity index is 1030. The molecule has 1 aliphatic heterocycles. The van der Waals surface area contributed by atoms with E-state index in [0.29, 0.717) is 49.0 Å². The number of hydrogen-bond donors (Lipinski definition) is 1. The molecule has 3 aromatic rings. The molecule has 2 aromatic carbocycles. The Morgan fingerprint density at radius 1 is 1.20 bits per heavy atom. The summed E-state index contributed by atoms with van der Waals surface area (Å²) in [6.07, 6.45) is 1.31. The van der Waals surface area contributed by atoms with E-state index >= 15 is 0 Å². The molecular weight excluding hydrogens is 387 g/mol. The summed E-state index contributed by atoms with van der Waals surface area (Å²) in [5, 5.41) is 6.87. The van der Waals surface area contributed by atoms with Gasteiger partial charge in [0.2, 0.25) is 11.7 Å². The normalized spacial score (nSPS) is 14.6. The van der Waals surface area contributed by atoms with Gasteiger partial charge in [0.15, 0.2) is 0 Å². The third-order valence-corrected chi connectivity index (χ3v) is 5.34. The first-order valence-electron chi connectivity index (χ1n) is 9.83. The smallest absolute Gasteiger partial charge is 0.324 e. The van der Waals surface area contributed by atoms with Gasteiger partial charge < -0.3 is 19.5 Å². The van der Waals surface area contributed by atoms with Gasteiger partial charge in [-0.25, -0.2) is 4.39 Å². The van der Waals surface area contributed by atoms with Crippen molar-refractivity contribution in [3.05, 3.63) is 53.8 Å². The maximum atomic E-state index is 13.7. The van der Waals surface area contributed by atoms with Crippen LogP contribution < -0.4 is 15.0 Å². The summed E-state index contributed by atoms with van der Waals surface area (Å²) in [4.78, 5) is 19.0. The Kier molecular flexibility index (Phi) is 5.65. The molecule has 0 bridgehead atoms. The molecule has 1 aliphatic rings. The van der Waals surface area contributed by atoms with Gasteiger partial charge in [0.25, 0.3) is 0 Å². The highest BCUT2D eigenvalue weighted by Crippen LogP contribution is 2.26. The van der Waals surface area contributed by atoms with E-state index < -0.39 is 0 Å². The molecule has 1 saturated heterocycles. The van der Waals surface area contributed by atoms with Crippen molar-refractivity contribution in [1.82, 2.24) is 10.1 Å². The lowest BCUT2D eigenvalue weighted by Gasteiger charge is -2.29. The maximum absolute atomic E-state index is 13.7. The maximum Gasteiger partial charge on any atom is 0.324 e. The van der Waals surface area contributed by atoms with Gasteiger partial charge in [-0.3, -0.25) is 4.79 Å². The van der Waals surface area contributed by atoms with Crippen molar-refractivity contribution in [2.75, 3.05) is 30.4 Å². The summed E-state index contributed by atoms with van der Waals surface area (Å²) in [6.45, 7) is 2.95. The van der Waals surface area contributed by atoms with Crippen LogP contribution in [0.3, 0.4) is 0 Å². The minimum absolute atomic E-state index is 0.0950. The van der Waals surface area contributed by atoms with Gasteiger partial charge in [0.1, 0.15) is 11.6 Å². The predicted molar refractivity (Wildman–Crippen MR) is 111 cm³/mol. The number of piperidine rings is 1. The van der Waals surface area contributed by atoms with Crippen LogP contribution in [0, 0.1) is 18.7 Å². The number of benzene rings is 2. The van der Waals surface area contributed by atoms with Crippen LogP contribution in [0.2, 0.25) is 0 Å². The lowest BCUT2D eigenvalue weighted by molar-refractivity contribution is -0.120. The standard InChI is InChI=1S/C22H23FN4O3/c1-14-3-6-17(13-19(14)23)24-21(28)16-9-11-27(12-10-16)22-25-20(26-30-22)15-4-7-18(29-2)8-5-15/h3-8,13,16H,9-12H2,1-2H3,(H,24,28). The number of aromatic nitrogens is 2. The van der Waals surface area contributed by atoms with E-state index in [1.165, 1.54) is 6.07 Å². The first-order chi connectivity index (χ1) is 14.5. The van der Waals surface area contributed by atoms with E-state index in [1.807, 2.05) is 29.2 Å². The number of carbonyl (C=O) groups excluding carboxylic acids is 1. The van der Waals surface area contributed by atoms with E-state index in [2.05, 4.69) is 15.5 Å². The Morgan fingerprint density at radius 2 is 1.93 bits per heavy atom. The fourth-order valence-corrected chi connectivity index (χ4v) is 3.45. The Balaban J connectivity index is 1.34. The number of anilines is 2. The molecule has 0 unspecified atom stereocenters. The van der Waals surface area contributed by atoms with Gasteiger partial charge in [-0.1, -0.05) is 11.2 Å². The quantitative estimate of drug-likeness (QED) is 0.684. The van der Waals surface area contributed by atoms with Crippen molar-refractivity contribution in [3.63, 3.8) is 0 Å². The summed E-state index contributed by atoms with van der Waals surface area (Å²) in [5.74, 6) is 0.703. The lowest BCUT2D eigenvalue weighted by Crippen LogP contribution is -2.38. The van der Waals surface area contributed by atoms with E-state index in [-0.39, 0.29) is 17.6 Å². The molecule has 0 atom stereocenters. The minimum atomic E-state index is -0.327. The minimum Gasteiger partial charge on any atom is -0.497 e. The van der Waals surface area contributed by atoms with E-state index in [4.69, 9.17) is 9.26 Å². The zero-order chi connectivity index (χ0) is 21.1. The van der Waals surface area contributed by atoms with E-state index in [9.17, 15) is 9.18 Å². The van der Waals surface area contributed by atoms with E-state index in [1.54, 1.807) is 26.2 Å². The second-order valence-corrected chi connectivity index (χ2v) is 7.34. The summed E-state index contributed by atoms with van der Waals surface area (Å²) in [6, 6.07) is 12.6. The molecule has 8 heteroatoms. The molecule has 0 saturated carbocycles. The van der Waals surface area contributed by atoms with Crippen LogP contribution in [0.4, 0.5) is 16.1 Å². The third kappa shape index (κ3) is 4.27. The number of nitrogens with zero attached hydrogens (tertiary/aromatic N) is 3. The predicted octanol–water partition coefficient (Wildman–Crippen LogP) is 4.05. The van der Waals surface area contributed by atoms with Crippen LogP contribution in [0.1, 0.15) is 18.4 Å². The molecular formula is C22H23FN4O3. The molecule has 7 nitrogen and oxygen atoms in total. The molecule has 2 heterocycles. The second kappa shape index (κ2) is 8.52. The first kappa shape index (κ1) is 19.9. The Labute approximate surface area is 173 Å². The van der Waals surface area contributed by atoms with Gasteiger partial charge in [0, 0.05) is 30.3 Å². The number of nitrogens with one attached hydrogen (secondary N) is 1. The first-order valence-corrected chi connectivity index (χ1v) is 9.83. The summed E-state index contributed by atoms with van der Waals surface area (Å²) >= 11 is 0. The van der Waals surface area contributed by atoms with Gasteiger partial charge in [-0.2, -0.15) is 4.98 Å². The number of amides is 1. The van der Waals surface area contributed by atoms with Crippen molar-refractivity contribution < 1.29 is 18.4 Å². The SMILES string of the molecule is COc1ccc(-c2noc(N3CCC(C(=O)Nc4ccc(C)c(F)c4)CC3)n2)cc1. The fourth-order valence-electron chi connectivity index (χ4n) is 3.45. The molecule has 0 radical (unpaired) electrons. The number of methoxy groups -OCH3 is 1. The molecule has 1 amide bonds. The topological polar surface area (TPSA) is 80.5 Å². The van der Waals surface area contributed by atoms with Crippen molar-refractivity contribution in [3.8, 4) is 17.1 Å². The number of ether oxygens (including phenoxy) is 1.